The standard InChI is InChI=1S/C14H11F3N4O2/c1-5-4-7(5)12-18-14(21-20-12)19-13(23)11(22)6-2-3-8(15)10(17)9(6)16/h2-3,5,7H,4H2,1H3,(H2,18,19,20,21,23)/t5-,7-/m1/s1. The Balaban J connectivity index is 1.74. The van der Waals surface area contributed by atoms with Gasteiger partial charge in [0.2, 0.25) is 5.95 Å². The summed E-state index contributed by atoms with van der Waals surface area (Å²) in [4.78, 5) is 27.6. The van der Waals surface area contributed by atoms with Crippen LogP contribution in [-0.4, -0.2) is 26.9 Å². The van der Waals surface area contributed by atoms with Gasteiger partial charge in [0, 0.05) is 5.92 Å². The molecule has 2 N–H and O–H groups in total. The average Bonchev–Trinajstić information content (AvgIpc) is 3.06. The first kappa shape index (κ1) is 15.2. The highest BCUT2D eigenvalue weighted by molar-refractivity contribution is 6.46. The fraction of sp³-hybridized carbons (Fsp3) is 0.286. The van der Waals surface area contributed by atoms with E-state index in [1.165, 1.54) is 0 Å². The maximum absolute atomic E-state index is 13.5. The van der Waals surface area contributed by atoms with Crippen LogP contribution in [0.15, 0.2) is 12.1 Å². The van der Waals surface area contributed by atoms with Gasteiger partial charge < -0.3 is 0 Å². The van der Waals surface area contributed by atoms with Gasteiger partial charge in [0.05, 0.1) is 5.56 Å². The van der Waals surface area contributed by atoms with E-state index in [1.807, 2.05) is 6.92 Å². The van der Waals surface area contributed by atoms with E-state index in [4.69, 9.17) is 0 Å². The molecule has 3 rings (SSSR count). The molecule has 6 nitrogen and oxygen atoms in total. The summed E-state index contributed by atoms with van der Waals surface area (Å²) in [5, 5.41) is 8.47. The van der Waals surface area contributed by atoms with E-state index in [9.17, 15) is 22.8 Å². The van der Waals surface area contributed by atoms with Crippen LogP contribution in [-0.2, 0) is 4.79 Å². The van der Waals surface area contributed by atoms with Crippen LogP contribution in [0.3, 0.4) is 0 Å². The normalized spacial score (nSPS) is 19.5. The number of anilines is 1. The summed E-state index contributed by atoms with van der Waals surface area (Å²) in [5.74, 6) is -6.44. The van der Waals surface area contributed by atoms with Crippen molar-refractivity contribution in [3.8, 4) is 0 Å². The molecule has 0 spiro atoms. The van der Waals surface area contributed by atoms with Gasteiger partial charge in [-0.15, -0.1) is 5.10 Å². The summed E-state index contributed by atoms with van der Waals surface area (Å²) in [7, 11) is 0. The number of carbonyl (C=O) groups is 2. The van der Waals surface area contributed by atoms with Crippen molar-refractivity contribution in [2.24, 2.45) is 5.92 Å². The van der Waals surface area contributed by atoms with Gasteiger partial charge in [-0.1, -0.05) is 6.92 Å². The maximum Gasteiger partial charge on any atom is 0.299 e. The highest BCUT2D eigenvalue weighted by Crippen LogP contribution is 2.45. The van der Waals surface area contributed by atoms with E-state index < -0.39 is 34.7 Å². The second-order valence-corrected chi connectivity index (χ2v) is 5.37. The minimum absolute atomic E-state index is 0.138. The number of aromatic amines is 1. The van der Waals surface area contributed by atoms with Crippen LogP contribution in [0.25, 0.3) is 0 Å². The van der Waals surface area contributed by atoms with Crippen molar-refractivity contribution in [1.82, 2.24) is 15.2 Å². The van der Waals surface area contributed by atoms with E-state index >= 15 is 0 Å². The third-order valence-electron chi connectivity index (χ3n) is 3.67. The van der Waals surface area contributed by atoms with Gasteiger partial charge in [0.1, 0.15) is 5.82 Å². The fourth-order valence-corrected chi connectivity index (χ4v) is 2.18. The Bertz CT molecular complexity index is 805. The summed E-state index contributed by atoms with van der Waals surface area (Å²) in [5.41, 5.74) is -0.868. The molecule has 2 aromatic rings. The smallest absolute Gasteiger partial charge is 0.286 e. The number of nitrogens with zero attached hydrogens (tertiary/aromatic N) is 2. The zero-order valence-electron chi connectivity index (χ0n) is 11.9. The molecule has 0 unspecified atom stereocenters. The summed E-state index contributed by atoms with van der Waals surface area (Å²) >= 11 is 0. The van der Waals surface area contributed by atoms with Gasteiger partial charge in [0.15, 0.2) is 17.5 Å². The van der Waals surface area contributed by atoms with Gasteiger partial charge >= 0.3 is 0 Å². The fourth-order valence-electron chi connectivity index (χ4n) is 2.18. The van der Waals surface area contributed by atoms with Crippen LogP contribution < -0.4 is 5.32 Å². The number of H-pyrrole nitrogens is 1. The van der Waals surface area contributed by atoms with Gasteiger partial charge in [-0.2, -0.15) is 4.98 Å². The molecular weight excluding hydrogens is 313 g/mol. The van der Waals surface area contributed by atoms with Crippen LogP contribution in [0, 0.1) is 23.4 Å². The largest absolute Gasteiger partial charge is 0.299 e. The number of ketones is 1. The molecule has 1 amide bonds. The third-order valence-corrected chi connectivity index (χ3v) is 3.67. The molecule has 1 aliphatic carbocycles. The van der Waals surface area contributed by atoms with E-state index in [-0.39, 0.29) is 11.9 Å². The lowest BCUT2D eigenvalue weighted by molar-refractivity contribution is -0.112. The summed E-state index contributed by atoms with van der Waals surface area (Å²) < 4.78 is 39.5. The first-order valence-electron chi connectivity index (χ1n) is 6.80. The second-order valence-electron chi connectivity index (χ2n) is 5.37. The Morgan fingerprint density at radius 3 is 2.61 bits per heavy atom. The zero-order chi connectivity index (χ0) is 16.7. The molecule has 1 saturated carbocycles. The molecule has 0 radical (unpaired) electrons. The monoisotopic (exact) mass is 324 g/mol. The second kappa shape index (κ2) is 5.49. The van der Waals surface area contributed by atoms with Crippen LogP contribution in [0.2, 0.25) is 0 Å². The zero-order valence-corrected chi connectivity index (χ0v) is 11.9. The van der Waals surface area contributed by atoms with Crippen molar-refractivity contribution >= 4 is 17.6 Å². The Morgan fingerprint density at radius 2 is 1.96 bits per heavy atom. The van der Waals surface area contributed by atoms with E-state index in [0.29, 0.717) is 23.9 Å². The van der Waals surface area contributed by atoms with Crippen molar-refractivity contribution in [3.05, 3.63) is 41.0 Å². The van der Waals surface area contributed by atoms with Crippen molar-refractivity contribution in [2.75, 3.05) is 5.32 Å². The quantitative estimate of drug-likeness (QED) is 0.512. The predicted octanol–water partition coefficient (Wildman–Crippen LogP) is 2.17. The molecule has 1 aromatic heterocycles. The lowest BCUT2D eigenvalue weighted by atomic mass is 10.1. The molecule has 0 bridgehead atoms. The van der Waals surface area contributed by atoms with E-state index in [2.05, 4.69) is 20.5 Å². The van der Waals surface area contributed by atoms with Crippen molar-refractivity contribution < 1.29 is 22.8 Å². The number of Topliss-reactive ketones (excluding diaryl/α,β-unsaturated/α-hetero) is 1. The van der Waals surface area contributed by atoms with Crippen molar-refractivity contribution in [1.29, 1.82) is 0 Å². The van der Waals surface area contributed by atoms with Crippen LogP contribution in [0.4, 0.5) is 19.1 Å². The van der Waals surface area contributed by atoms with Gasteiger partial charge in [0.25, 0.3) is 11.7 Å². The molecule has 2 atom stereocenters. The molecule has 0 saturated heterocycles. The van der Waals surface area contributed by atoms with Crippen molar-refractivity contribution in [2.45, 2.75) is 19.3 Å². The summed E-state index contributed by atoms with van der Waals surface area (Å²) in [6.07, 6.45) is 0.946. The number of hydrogen-bond acceptors (Lipinski definition) is 4. The van der Waals surface area contributed by atoms with Crippen LogP contribution in [0.5, 0.6) is 0 Å². The predicted molar refractivity (Wildman–Crippen MR) is 72.2 cm³/mol. The Morgan fingerprint density at radius 1 is 1.26 bits per heavy atom. The molecule has 23 heavy (non-hydrogen) atoms. The number of nitrogens with one attached hydrogen (secondary N) is 2. The number of halogens is 3. The highest BCUT2D eigenvalue weighted by atomic mass is 19.2. The van der Waals surface area contributed by atoms with Crippen molar-refractivity contribution in [3.63, 3.8) is 0 Å². The molecule has 1 heterocycles. The molecular formula is C14H11F3N4O2. The van der Waals surface area contributed by atoms with E-state index in [0.717, 1.165) is 6.42 Å². The topological polar surface area (TPSA) is 87.7 Å². The SMILES string of the molecule is C[C@@H]1C[C@H]1c1nc(NC(=O)C(=O)c2ccc(F)c(F)c2F)n[nH]1. The number of carbonyl (C=O) groups excluding carboxylic acids is 2. The first-order valence-corrected chi connectivity index (χ1v) is 6.80. The van der Waals surface area contributed by atoms with Crippen LogP contribution in [0.1, 0.15) is 35.4 Å². The minimum atomic E-state index is -1.81. The number of amides is 1. The molecule has 1 aromatic carbocycles. The average molecular weight is 324 g/mol. The molecule has 1 fully saturated rings. The molecule has 1 aliphatic rings. The first-order chi connectivity index (χ1) is 10.9. The van der Waals surface area contributed by atoms with Gasteiger partial charge in [-0.25, -0.2) is 13.2 Å². The Labute approximate surface area is 128 Å². The summed E-state index contributed by atoms with van der Waals surface area (Å²) in [6, 6.07) is 1.27. The Hall–Kier alpha value is -2.71. The van der Waals surface area contributed by atoms with Crippen LogP contribution >= 0.6 is 0 Å². The van der Waals surface area contributed by atoms with Gasteiger partial charge in [-0.3, -0.25) is 20.0 Å². The third kappa shape index (κ3) is 2.81. The minimum Gasteiger partial charge on any atom is -0.286 e. The summed E-state index contributed by atoms with van der Waals surface area (Å²) in [6.45, 7) is 2.03. The van der Waals surface area contributed by atoms with Gasteiger partial charge in [-0.05, 0) is 24.5 Å². The number of rotatable bonds is 4. The molecule has 0 aliphatic heterocycles. The lowest BCUT2D eigenvalue weighted by Gasteiger charge is -2.03. The molecule has 9 heteroatoms. The highest BCUT2D eigenvalue weighted by Gasteiger charge is 2.37. The number of aromatic nitrogens is 3. The maximum atomic E-state index is 13.5. The number of hydrogen-bond donors (Lipinski definition) is 2. The lowest BCUT2D eigenvalue weighted by Crippen LogP contribution is -2.25. The number of benzene rings is 1. The Kier molecular flexibility index (Phi) is 3.63. The molecule has 120 valence electrons. The van der Waals surface area contributed by atoms with E-state index in [1.54, 1.807) is 0 Å².